The molecule has 1 aliphatic heterocycles. The fraction of sp³-hybridized carbons (Fsp3) is 0.158. The number of rotatable bonds is 5. The van der Waals surface area contributed by atoms with Gasteiger partial charge in [0.25, 0.3) is 0 Å². The maximum atomic E-state index is 5.85. The summed E-state index contributed by atoms with van der Waals surface area (Å²) in [6, 6.07) is 17.8. The van der Waals surface area contributed by atoms with Gasteiger partial charge in [-0.25, -0.2) is 0 Å². The van der Waals surface area contributed by atoms with Gasteiger partial charge in [0, 0.05) is 18.7 Å². The van der Waals surface area contributed by atoms with Gasteiger partial charge in [-0.1, -0.05) is 47.6 Å². The van der Waals surface area contributed by atoms with Crippen LogP contribution in [0.4, 0.5) is 6.01 Å². The molecule has 25 heavy (non-hydrogen) atoms. The molecule has 1 aromatic heterocycles. The van der Waals surface area contributed by atoms with E-state index in [9.17, 15) is 0 Å². The second-order valence-electron chi connectivity index (χ2n) is 5.70. The van der Waals surface area contributed by atoms with E-state index in [4.69, 9.17) is 9.26 Å². The van der Waals surface area contributed by atoms with E-state index in [0.717, 1.165) is 30.2 Å². The minimum Gasteiger partial charge on any atom is -0.457 e. The van der Waals surface area contributed by atoms with Crippen molar-refractivity contribution in [3.8, 4) is 22.9 Å². The summed E-state index contributed by atoms with van der Waals surface area (Å²) in [6.07, 6.45) is 4.16. The van der Waals surface area contributed by atoms with Gasteiger partial charge in [-0.05, 0) is 24.3 Å². The summed E-state index contributed by atoms with van der Waals surface area (Å²) in [5.74, 6) is 2.03. The molecule has 4 rings (SSSR count). The van der Waals surface area contributed by atoms with Crippen LogP contribution in [-0.4, -0.2) is 29.3 Å². The van der Waals surface area contributed by atoms with E-state index in [2.05, 4.69) is 32.9 Å². The van der Waals surface area contributed by atoms with Crippen LogP contribution < -0.4 is 15.4 Å². The van der Waals surface area contributed by atoms with Crippen LogP contribution >= 0.6 is 0 Å². The number of aromatic nitrogens is 2. The average Bonchev–Trinajstić information content (AvgIpc) is 3.12. The molecule has 0 spiro atoms. The van der Waals surface area contributed by atoms with Crippen LogP contribution in [0.5, 0.6) is 11.5 Å². The van der Waals surface area contributed by atoms with E-state index in [0.29, 0.717) is 11.8 Å². The van der Waals surface area contributed by atoms with E-state index in [-0.39, 0.29) is 6.04 Å². The van der Waals surface area contributed by atoms with Crippen molar-refractivity contribution in [2.75, 3.05) is 18.4 Å². The lowest BCUT2D eigenvalue weighted by Crippen LogP contribution is -2.35. The van der Waals surface area contributed by atoms with Crippen LogP contribution in [0.2, 0.25) is 0 Å². The number of nitrogens with zero attached hydrogens (tertiary/aromatic N) is 2. The lowest BCUT2D eigenvalue weighted by Gasteiger charge is -2.16. The van der Waals surface area contributed by atoms with Crippen LogP contribution in [-0.2, 0) is 0 Å². The molecule has 0 saturated heterocycles. The molecule has 6 nitrogen and oxygen atoms in total. The Kier molecular flexibility index (Phi) is 4.43. The summed E-state index contributed by atoms with van der Waals surface area (Å²) < 4.78 is 11.2. The first-order valence-electron chi connectivity index (χ1n) is 8.18. The highest BCUT2D eigenvalue weighted by molar-refractivity contribution is 5.58. The zero-order chi connectivity index (χ0) is 16.9. The van der Waals surface area contributed by atoms with Gasteiger partial charge in [0.2, 0.25) is 5.82 Å². The van der Waals surface area contributed by atoms with E-state index in [1.54, 1.807) is 0 Å². The first kappa shape index (κ1) is 15.4. The summed E-state index contributed by atoms with van der Waals surface area (Å²) in [7, 11) is 0. The van der Waals surface area contributed by atoms with Crippen molar-refractivity contribution < 1.29 is 9.26 Å². The van der Waals surface area contributed by atoms with Crippen LogP contribution in [0.3, 0.4) is 0 Å². The molecule has 0 fully saturated rings. The highest BCUT2D eigenvalue weighted by Crippen LogP contribution is 2.26. The minimum absolute atomic E-state index is 0.148. The third-order valence-corrected chi connectivity index (χ3v) is 3.80. The first-order chi connectivity index (χ1) is 12.4. The summed E-state index contributed by atoms with van der Waals surface area (Å²) in [5, 5.41) is 10.5. The number of hydrogen-bond donors (Lipinski definition) is 2. The maximum Gasteiger partial charge on any atom is 0.322 e. The third-order valence-electron chi connectivity index (χ3n) is 3.80. The lowest BCUT2D eigenvalue weighted by atomic mass is 10.2. The number of anilines is 1. The molecule has 1 unspecified atom stereocenters. The van der Waals surface area contributed by atoms with E-state index in [1.165, 1.54) is 0 Å². The summed E-state index contributed by atoms with van der Waals surface area (Å²) in [6.45, 7) is 1.72. The molecule has 0 radical (unpaired) electrons. The number of para-hydroxylation sites is 1. The highest BCUT2D eigenvalue weighted by atomic mass is 16.5. The van der Waals surface area contributed by atoms with Gasteiger partial charge < -0.3 is 19.9 Å². The Morgan fingerprint density at radius 1 is 1.08 bits per heavy atom. The maximum absolute atomic E-state index is 5.85. The zero-order valence-corrected chi connectivity index (χ0v) is 13.6. The summed E-state index contributed by atoms with van der Waals surface area (Å²) in [4.78, 5) is 4.42. The molecule has 0 amide bonds. The Bertz CT molecular complexity index is 861. The van der Waals surface area contributed by atoms with Crippen LogP contribution in [0.15, 0.2) is 71.3 Å². The van der Waals surface area contributed by atoms with E-state index < -0.39 is 0 Å². The largest absolute Gasteiger partial charge is 0.457 e. The highest BCUT2D eigenvalue weighted by Gasteiger charge is 2.13. The average molecular weight is 334 g/mol. The number of hydrogen-bond acceptors (Lipinski definition) is 6. The number of ether oxygens (including phenoxy) is 1. The molecule has 3 aromatic rings. The number of benzene rings is 2. The molecule has 0 bridgehead atoms. The van der Waals surface area contributed by atoms with Crippen molar-refractivity contribution in [2.45, 2.75) is 6.04 Å². The minimum atomic E-state index is 0.148. The standard InChI is InChI=1S/C19H18N4O2/c1-2-8-16(9-3-1)24-17-10-4-6-14(12-17)18-22-19(25-23-18)21-15-7-5-11-20-13-15/h1-10,12,15,20H,11,13H2,(H,21,22,23). The first-order valence-corrected chi connectivity index (χ1v) is 8.18. The van der Waals surface area contributed by atoms with Gasteiger partial charge >= 0.3 is 6.01 Å². The number of nitrogens with one attached hydrogen (secondary N) is 2. The Hall–Kier alpha value is -3.12. The fourth-order valence-electron chi connectivity index (χ4n) is 2.60. The van der Waals surface area contributed by atoms with Crippen molar-refractivity contribution in [3.63, 3.8) is 0 Å². The van der Waals surface area contributed by atoms with Gasteiger partial charge in [0.05, 0.1) is 6.04 Å². The monoisotopic (exact) mass is 334 g/mol. The lowest BCUT2D eigenvalue weighted by molar-refractivity contribution is 0.428. The van der Waals surface area contributed by atoms with Gasteiger partial charge in [-0.15, -0.1) is 0 Å². The quantitative estimate of drug-likeness (QED) is 0.696. The summed E-state index contributed by atoms with van der Waals surface area (Å²) in [5.41, 5.74) is 0.836. The Morgan fingerprint density at radius 3 is 2.80 bits per heavy atom. The second kappa shape index (κ2) is 7.19. The van der Waals surface area contributed by atoms with Crippen molar-refractivity contribution in [3.05, 3.63) is 66.7 Å². The van der Waals surface area contributed by atoms with Crippen molar-refractivity contribution in [1.82, 2.24) is 15.5 Å². The fourth-order valence-corrected chi connectivity index (χ4v) is 2.60. The predicted molar refractivity (Wildman–Crippen MR) is 95.7 cm³/mol. The van der Waals surface area contributed by atoms with Gasteiger partial charge in [-0.3, -0.25) is 0 Å². The van der Waals surface area contributed by atoms with Crippen LogP contribution in [0.25, 0.3) is 11.4 Å². The van der Waals surface area contributed by atoms with Crippen molar-refractivity contribution in [2.24, 2.45) is 0 Å². The molecule has 0 aliphatic carbocycles. The smallest absolute Gasteiger partial charge is 0.322 e. The van der Waals surface area contributed by atoms with E-state index in [1.807, 2.05) is 54.6 Å². The third kappa shape index (κ3) is 3.87. The second-order valence-corrected chi connectivity index (χ2v) is 5.70. The van der Waals surface area contributed by atoms with Gasteiger partial charge in [-0.2, -0.15) is 4.98 Å². The molecular weight excluding hydrogens is 316 g/mol. The molecule has 6 heteroatoms. The molecule has 1 atom stereocenters. The Labute approximate surface area is 145 Å². The topological polar surface area (TPSA) is 72.2 Å². The Balaban J connectivity index is 1.49. The summed E-state index contributed by atoms with van der Waals surface area (Å²) >= 11 is 0. The van der Waals surface area contributed by atoms with Crippen LogP contribution in [0.1, 0.15) is 0 Å². The van der Waals surface area contributed by atoms with Crippen LogP contribution in [0, 0.1) is 0 Å². The molecule has 0 saturated carbocycles. The molecule has 126 valence electrons. The zero-order valence-electron chi connectivity index (χ0n) is 13.6. The molecule has 1 aliphatic rings. The molecule has 2 aromatic carbocycles. The molecule has 2 heterocycles. The Morgan fingerprint density at radius 2 is 1.96 bits per heavy atom. The van der Waals surface area contributed by atoms with Crippen molar-refractivity contribution >= 4 is 6.01 Å². The van der Waals surface area contributed by atoms with E-state index >= 15 is 0 Å². The normalized spacial score (nSPS) is 16.6. The van der Waals surface area contributed by atoms with Gasteiger partial charge in [0.1, 0.15) is 11.5 Å². The SMILES string of the molecule is C1=CC(Nc2nc(-c3cccc(Oc4ccccc4)c3)no2)CNC1. The molecular formula is C19H18N4O2. The predicted octanol–water partition coefficient (Wildman–Crippen LogP) is 3.47. The van der Waals surface area contributed by atoms with Crippen molar-refractivity contribution in [1.29, 1.82) is 0 Å². The van der Waals surface area contributed by atoms with Gasteiger partial charge in [0.15, 0.2) is 0 Å². The molecule has 2 N–H and O–H groups in total.